The second kappa shape index (κ2) is 4.98. The van der Waals surface area contributed by atoms with Gasteiger partial charge in [-0.15, -0.1) is 5.54 Å². The SMILES string of the molecule is CC[Si](C#CBr)(CC)CC. The van der Waals surface area contributed by atoms with E-state index in [1.807, 2.05) is 0 Å². The zero-order valence-electron chi connectivity index (χ0n) is 7.00. The predicted octanol–water partition coefficient (Wildman–Crippen LogP) is 3.39. The Kier molecular flexibility index (Phi) is 5.11. The first-order valence-corrected chi connectivity index (χ1v) is 7.29. The molecule has 0 nitrogen and oxygen atoms in total. The van der Waals surface area contributed by atoms with Crippen molar-refractivity contribution >= 4 is 24.0 Å². The summed E-state index contributed by atoms with van der Waals surface area (Å²) >= 11 is 3.18. The van der Waals surface area contributed by atoms with Gasteiger partial charge < -0.3 is 0 Å². The maximum Gasteiger partial charge on any atom is 0.138 e. The lowest BCUT2D eigenvalue weighted by molar-refractivity contribution is 1.20. The van der Waals surface area contributed by atoms with Gasteiger partial charge in [-0.2, -0.15) is 0 Å². The molecule has 0 atom stereocenters. The number of rotatable bonds is 3. The van der Waals surface area contributed by atoms with Gasteiger partial charge in [-0.05, 0) is 23.0 Å². The second-order valence-electron chi connectivity index (χ2n) is 2.56. The van der Waals surface area contributed by atoms with E-state index in [2.05, 4.69) is 47.1 Å². The minimum Gasteiger partial charge on any atom is -0.119 e. The number of hydrogen-bond acceptors (Lipinski definition) is 0. The van der Waals surface area contributed by atoms with Gasteiger partial charge in [-0.1, -0.05) is 20.8 Å². The summed E-state index contributed by atoms with van der Waals surface area (Å²) in [5.41, 5.74) is 3.35. The molecule has 0 aromatic carbocycles. The quantitative estimate of drug-likeness (QED) is 0.504. The Morgan fingerprint density at radius 3 is 1.60 bits per heavy atom. The molecular weight excluding hydrogens is 204 g/mol. The molecule has 0 heterocycles. The van der Waals surface area contributed by atoms with E-state index < -0.39 is 8.07 Å². The molecule has 2 heteroatoms. The van der Waals surface area contributed by atoms with Crippen LogP contribution in [0.5, 0.6) is 0 Å². The molecule has 0 spiro atoms. The van der Waals surface area contributed by atoms with Crippen LogP contribution in [0.1, 0.15) is 20.8 Å². The molecule has 0 aromatic rings. The summed E-state index contributed by atoms with van der Waals surface area (Å²) in [5, 5.41) is 0. The number of halogens is 1. The third-order valence-corrected chi connectivity index (χ3v) is 7.62. The van der Waals surface area contributed by atoms with Crippen LogP contribution in [0, 0.1) is 10.4 Å². The average molecular weight is 219 g/mol. The summed E-state index contributed by atoms with van der Waals surface area (Å²) in [6, 6.07) is 3.87. The first kappa shape index (κ1) is 10.3. The van der Waals surface area contributed by atoms with Crippen molar-refractivity contribution < 1.29 is 0 Å². The Bertz CT molecular complexity index is 131. The Labute approximate surface area is 73.5 Å². The molecule has 0 saturated heterocycles. The van der Waals surface area contributed by atoms with Crippen LogP contribution in [-0.2, 0) is 0 Å². The van der Waals surface area contributed by atoms with Gasteiger partial charge in [0.15, 0.2) is 0 Å². The molecule has 0 amide bonds. The van der Waals surface area contributed by atoms with Crippen molar-refractivity contribution in [3.63, 3.8) is 0 Å². The molecule has 0 aromatic heterocycles. The lowest BCUT2D eigenvalue weighted by Crippen LogP contribution is -2.29. The highest BCUT2D eigenvalue weighted by Crippen LogP contribution is 2.18. The highest BCUT2D eigenvalue weighted by Gasteiger charge is 2.23. The van der Waals surface area contributed by atoms with Crippen LogP contribution in [0.4, 0.5) is 0 Å². The van der Waals surface area contributed by atoms with Crippen molar-refractivity contribution in [3.8, 4) is 10.4 Å². The normalized spacial score (nSPS) is 10.4. The molecule has 0 saturated carbocycles. The Morgan fingerprint density at radius 1 is 1.10 bits per heavy atom. The molecule has 0 fully saturated rings. The van der Waals surface area contributed by atoms with Gasteiger partial charge in [0.1, 0.15) is 8.07 Å². The van der Waals surface area contributed by atoms with Crippen LogP contribution in [-0.4, -0.2) is 8.07 Å². The smallest absolute Gasteiger partial charge is 0.119 e. The van der Waals surface area contributed by atoms with Gasteiger partial charge in [0.05, 0.1) is 0 Å². The highest BCUT2D eigenvalue weighted by atomic mass is 79.9. The molecule has 0 aliphatic carbocycles. The topological polar surface area (TPSA) is 0 Å². The lowest BCUT2D eigenvalue weighted by atomic mass is 10.9. The standard InChI is InChI=1S/C8H15BrSi/c1-4-10(5-2,6-3)8-7-9/h4-6H2,1-3H3. The van der Waals surface area contributed by atoms with Gasteiger partial charge in [-0.25, -0.2) is 0 Å². The summed E-state index contributed by atoms with van der Waals surface area (Å²) in [6.45, 7) is 6.78. The highest BCUT2D eigenvalue weighted by molar-refractivity contribution is 9.12. The van der Waals surface area contributed by atoms with Gasteiger partial charge in [0, 0.05) is 15.9 Å². The Balaban J connectivity index is 4.25. The van der Waals surface area contributed by atoms with Crippen molar-refractivity contribution in [1.82, 2.24) is 0 Å². The van der Waals surface area contributed by atoms with Crippen LogP contribution in [0.25, 0.3) is 0 Å². The third-order valence-electron chi connectivity index (χ3n) is 2.34. The first-order valence-electron chi connectivity index (χ1n) is 3.87. The second-order valence-corrected chi connectivity index (χ2v) is 7.89. The maximum atomic E-state index is 3.35. The van der Waals surface area contributed by atoms with Crippen molar-refractivity contribution in [2.75, 3.05) is 0 Å². The van der Waals surface area contributed by atoms with Gasteiger partial charge in [0.2, 0.25) is 0 Å². The number of hydrogen-bond donors (Lipinski definition) is 0. The van der Waals surface area contributed by atoms with E-state index >= 15 is 0 Å². The predicted molar refractivity (Wildman–Crippen MR) is 53.9 cm³/mol. The van der Waals surface area contributed by atoms with Gasteiger partial charge >= 0.3 is 0 Å². The molecule has 0 N–H and O–H groups in total. The van der Waals surface area contributed by atoms with Gasteiger partial charge in [-0.3, -0.25) is 0 Å². The first-order chi connectivity index (χ1) is 4.74. The van der Waals surface area contributed by atoms with Crippen molar-refractivity contribution in [2.24, 2.45) is 0 Å². The molecule has 10 heavy (non-hydrogen) atoms. The molecule has 0 aliphatic rings. The minimum atomic E-state index is -1.13. The molecule has 0 unspecified atom stereocenters. The monoisotopic (exact) mass is 218 g/mol. The zero-order chi connectivity index (χ0) is 8.04. The fourth-order valence-corrected chi connectivity index (χ4v) is 4.61. The van der Waals surface area contributed by atoms with Crippen molar-refractivity contribution in [1.29, 1.82) is 0 Å². The average Bonchev–Trinajstić information content (AvgIpc) is 2.01. The van der Waals surface area contributed by atoms with Crippen LogP contribution in [0.15, 0.2) is 0 Å². The van der Waals surface area contributed by atoms with Crippen LogP contribution < -0.4 is 0 Å². The van der Waals surface area contributed by atoms with Crippen molar-refractivity contribution in [3.05, 3.63) is 0 Å². The summed E-state index contributed by atoms with van der Waals surface area (Å²) in [6.07, 6.45) is 0. The lowest BCUT2D eigenvalue weighted by Gasteiger charge is -2.19. The van der Waals surface area contributed by atoms with Gasteiger partial charge in [0.25, 0.3) is 0 Å². The van der Waals surface area contributed by atoms with E-state index in [1.54, 1.807) is 0 Å². The molecule has 0 rings (SSSR count). The largest absolute Gasteiger partial charge is 0.138 e. The van der Waals surface area contributed by atoms with Crippen LogP contribution >= 0.6 is 15.9 Å². The molecule has 0 aliphatic heterocycles. The fourth-order valence-electron chi connectivity index (χ4n) is 1.12. The zero-order valence-corrected chi connectivity index (χ0v) is 9.59. The van der Waals surface area contributed by atoms with E-state index in [4.69, 9.17) is 0 Å². The summed E-state index contributed by atoms with van der Waals surface area (Å²) in [4.78, 5) is 2.89. The molecule has 0 radical (unpaired) electrons. The van der Waals surface area contributed by atoms with E-state index in [9.17, 15) is 0 Å². The maximum absolute atomic E-state index is 3.35. The summed E-state index contributed by atoms with van der Waals surface area (Å²) in [5.74, 6) is 0. The minimum absolute atomic E-state index is 1.13. The van der Waals surface area contributed by atoms with E-state index in [1.165, 1.54) is 18.1 Å². The third kappa shape index (κ3) is 2.47. The molecule has 58 valence electrons. The van der Waals surface area contributed by atoms with E-state index in [0.29, 0.717) is 0 Å². The summed E-state index contributed by atoms with van der Waals surface area (Å²) in [7, 11) is -1.13. The van der Waals surface area contributed by atoms with E-state index in [-0.39, 0.29) is 0 Å². The fraction of sp³-hybridized carbons (Fsp3) is 0.750. The van der Waals surface area contributed by atoms with Crippen molar-refractivity contribution in [2.45, 2.75) is 38.9 Å². The van der Waals surface area contributed by atoms with Crippen LogP contribution in [0.2, 0.25) is 18.1 Å². The Morgan fingerprint density at radius 2 is 1.50 bits per heavy atom. The Hall–Kier alpha value is 0.257. The van der Waals surface area contributed by atoms with Crippen LogP contribution in [0.3, 0.4) is 0 Å². The molecule has 0 bridgehead atoms. The summed E-state index contributed by atoms with van der Waals surface area (Å²) < 4.78 is 0. The molecular formula is C8H15BrSi. The van der Waals surface area contributed by atoms with E-state index in [0.717, 1.165) is 0 Å².